The molecule has 0 aromatic heterocycles. The van der Waals surface area contributed by atoms with Crippen molar-refractivity contribution in [3.05, 3.63) is 71.6 Å². The van der Waals surface area contributed by atoms with Crippen LogP contribution < -0.4 is 0 Å². The van der Waals surface area contributed by atoms with E-state index in [0.717, 1.165) is 37.8 Å². The van der Waals surface area contributed by atoms with E-state index in [9.17, 15) is 22.0 Å². The summed E-state index contributed by atoms with van der Waals surface area (Å²) in [6, 6.07) is 10.7. The Morgan fingerprint density at radius 1 is 0.900 bits per heavy atom. The molecule has 30 heavy (non-hydrogen) atoms. The maximum Gasteiger partial charge on any atom is 0.419 e. The molecule has 162 valence electrons. The molecule has 1 aliphatic carbocycles. The predicted molar refractivity (Wildman–Crippen MR) is 110 cm³/mol. The number of hydrogen-bond acceptors (Lipinski definition) is 0. The van der Waals surface area contributed by atoms with Crippen molar-refractivity contribution in [1.29, 1.82) is 0 Å². The van der Waals surface area contributed by atoms with Crippen molar-refractivity contribution in [3.63, 3.8) is 0 Å². The summed E-state index contributed by atoms with van der Waals surface area (Å²) in [5.41, 5.74) is 1.07. The molecule has 0 radical (unpaired) electrons. The van der Waals surface area contributed by atoms with Gasteiger partial charge in [0.25, 0.3) is 0 Å². The lowest BCUT2D eigenvalue weighted by molar-refractivity contribution is -0.139. The van der Waals surface area contributed by atoms with Crippen LogP contribution in [0, 0.1) is 17.7 Å². The summed E-state index contributed by atoms with van der Waals surface area (Å²) in [5.74, 6) is 0.0231. The highest BCUT2D eigenvalue weighted by Crippen LogP contribution is 2.34. The second-order valence-corrected chi connectivity index (χ2v) is 8.11. The lowest BCUT2D eigenvalue weighted by atomic mass is 9.79. The van der Waals surface area contributed by atoms with Crippen LogP contribution in [0.25, 0.3) is 11.1 Å². The molecular weight excluding hydrogens is 395 g/mol. The highest BCUT2D eigenvalue weighted by molar-refractivity contribution is 5.64. The molecule has 0 aliphatic heterocycles. The Morgan fingerprint density at radius 2 is 1.57 bits per heavy atom. The normalized spacial score (nSPS) is 20.0. The second kappa shape index (κ2) is 10.2. The van der Waals surface area contributed by atoms with Gasteiger partial charge in [-0.15, -0.1) is 0 Å². The van der Waals surface area contributed by atoms with Gasteiger partial charge < -0.3 is 0 Å². The molecular formula is C25H27F5. The van der Waals surface area contributed by atoms with Gasteiger partial charge in [-0.3, -0.25) is 4.39 Å². The largest absolute Gasteiger partial charge is 0.419 e. The standard InChI is InChI=1S/C25H27F5/c26-16-2-1-3-18-4-6-19(7-5-18)8-9-20-10-12-21(13-11-20)22-14-15-23(24(27)17-22)25(28,29)30/h1,3,10-15,17-19H,2,4-9,16H2/t18-,19-. The number of alkyl halides is 4. The molecule has 0 atom stereocenters. The van der Waals surface area contributed by atoms with Crippen LogP contribution in [0.1, 0.15) is 49.7 Å². The van der Waals surface area contributed by atoms with Gasteiger partial charge >= 0.3 is 6.18 Å². The van der Waals surface area contributed by atoms with Crippen molar-refractivity contribution in [2.45, 2.75) is 51.1 Å². The molecule has 1 aliphatic rings. The molecule has 0 N–H and O–H groups in total. The van der Waals surface area contributed by atoms with Crippen molar-refractivity contribution >= 4 is 0 Å². The van der Waals surface area contributed by atoms with Crippen molar-refractivity contribution < 1.29 is 22.0 Å². The first-order valence-corrected chi connectivity index (χ1v) is 10.6. The van der Waals surface area contributed by atoms with Crippen LogP contribution in [0.4, 0.5) is 22.0 Å². The summed E-state index contributed by atoms with van der Waals surface area (Å²) in [6.45, 7) is -0.293. The van der Waals surface area contributed by atoms with Crippen LogP contribution in [0.15, 0.2) is 54.6 Å². The van der Waals surface area contributed by atoms with E-state index in [1.165, 1.54) is 24.5 Å². The monoisotopic (exact) mass is 422 g/mol. The maximum atomic E-state index is 13.8. The molecule has 3 rings (SSSR count). The van der Waals surface area contributed by atoms with Crippen molar-refractivity contribution in [2.75, 3.05) is 6.67 Å². The summed E-state index contributed by atoms with van der Waals surface area (Å²) < 4.78 is 64.1. The van der Waals surface area contributed by atoms with E-state index < -0.39 is 17.6 Å². The highest BCUT2D eigenvalue weighted by atomic mass is 19.4. The van der Waals surface area contributed by atoms with E-state index in [4.69, 9.17) is 0 Å². The molecule has 1 saturated carbocycles. The SMILES string of the molecule is FCCC=C[C@H]1CC[C@H](CCc2ccc(-c3ccc(C(F)(F)F)c(F)c3)cc2)CC1. The molecule has 1 fully saturated rings. The fourth-order valence-corrected chi connectivity index (χ4v) is 4.18. The van der Waals surface area contributed by atoms with Crippen LogP contribution in [-0.2, 0) is 12.6 Å². The van der Waals surface area contributed by atoms with Gasteiger partial charge in [0, 0.05) is 0 Å². The predicted octanol–water partition coefficient (Wildman–Crippen LogP) is 8.17. The van der Waals surface area contributed by atoms with Gasteiger partial charge in [0.2, 0.25) is 0 Å². The first-order chi connectivity index (χ1) is 14.4. The van der Waals surface area contributed by atoms with Crippen LogP contribution in [0.5, 0.6) is 0 Å². The molecule has 0 bridgehead atoms. The van der Waals surface area contributed by atoms with Gasteiger partial charge in [0.1, 0.15) is 5.82 Å². The molecule has 2 aromatic rings. The Hall–Kier alpha value is -2.17. The average Bonchev–Trinajstić information content (AvgIpc) is 2.73. The average molecular weight is 422 g/mol. The minimum Gasteiger partial charge on any atom is -0.251 e. The smallest absolute Gasteiger partial charge is 0.251 e. The van der Waals surface area contributed by atoms with E-state index in [1.54, 1.807) is 0 Å². The zero-order chi connectivity index (χ0) is 21.6. The highest BCUT2D eigenvalue weighted by Gasteiger charge is 2.33. The number of hydrogen-bond donors (Lipinski definition) is 0. The lowest BCUT2D eigenvalue weighted by Gasteiger charge is -2.26. The van der Waals surface area contributed by atoms with E-state index >= 15 is 0 Å². The molecule has 0 amide bonds. The summed E-state index contributed by atoms with van der Waals surface area (Å²) in [6.07, 6.45) is 6.70. The third kappa shape index (κ3) is 6.16. The number of benzene rings is 2. The van der Waals surface area contributed by atoms with Crippen LogP contribution in [0.2, 0.25) is 0 Å². The van der Waals surface area contributed by atoms with E-state index in [0.29, 0.717) is 29.4 Å². The summed E-state index contributed by atoms with van der Waals surface area (Å²) in [4.78, 5) is 0. The zero-order valence-electron chi connectivity index (χ0n) is 16.9. The Labute approximate surface area is 174 Å². The number of aryl methyl sites for hydroxylation is 1. The van der Waals surface area contributed by atoms with E-state index in [2.05, 4.69) is 6.08 Å². The van der Waals surface area contributed by atoms with Gasteiger partial charge in [0.15, 0.2) is 0 Å². The van der Waals surface area contributed by atoms with Crippen LogP contribution in [-0.4, -0.2) is 6.67 Å². The molecule has 0 spiro atoms. The minimum atomic E-state index is -4.68. The zero-order valence-corrected chi connectivity index (χ0v) is 16.9. The van der Waals surface area contributed by atoms with Gasteiger partial charge in [-0.25, -0.2) is 4.39 Å². The summed E-state index contributed by atoms with van der Waals surface area (Å²) in [5, 5.41) is 0. The first-order valence-electron chi connectivity index (χ1n) is 10.6. The fourth-order valence-electron chi connectivity index (χ4n) is 4.18. The number of allylic oxidation sites excluding steroid dienone is 2. The van der Waals surface area contributed by atoms with Gasteiger partial charge in [-0.1, -0.05) is 42.5 Å². The maximum absolute atomic E-state index is 13.8. The first kappa shape index (κ1) is 22.5. The molecule has 5 heteroatoms. The van der Waals surface area contributed by atoms with Crippen molar-refractivity contribution in [2.24, 2.45) is 11.8 Å². The fraction of sp³-hybridized carbons (Fsp3) is 0.440. The molecule has 0 unspecified atom stereocenters. The van der Waals surface area contributed by atoms with E-state index in [1.807, 2.05) is 30.3 Å². The Bertz CT molecular complexity index is 828. The quantitative estimate of drug-likeness (QED) is 0.312. The third-order valence-electron chi connectivity index (χ3n) is 5.98. The van der Waals surface area contributed by atoms with Gasteiger partial charge in [0.05, 0.1) is 12.2 Å². The van der Waals surface area contributed by atoms with E-state index in [-0.39, 0.29) is 6.67 Å². The van der Waals surface area contributed by atoms with Gasteiger partial charge in [-0.2, -0.15) is 13.2 Å². The van der Waals surface area contributed by atoms with Crippen LogP contribution in [0.3, 0.4) is 0 Å². The molecule has 0 nitrogen and oxygen atoms in total. The molecule has 0 saturated heterocycles. The molecule has 0 heterocycles. The number of halogens is 5. The second-order valence-electron chi connectivity index (χ2n) is 8.11. The number of rotatable bonds is 7. The van der Waals surface area contributed by atoms with Crippen molar-refractivity contribution in [1.82, 2.24) is 0 Å². The Morgan fingerprint density at radius 3 is 2.17 bits per heavy atom. The Balaban J connectivity index is 1.51. The van der Waals surface area contributed by atoms with Crippen LogP contribution >= 0.6 is 0 Å². The third-order valence-corrected chi connectivity index (χ3v) is 5.98. The topological polar surface area (TPSA) is 0 Å². The van der Waals surface area contributed by atoms with Gasteiger partial charge in [-0.05, 0) is 85.6 Å². The molecule has 2 aromatic carbocycles. The summed E-state index contributed by atoms with van der Waals surface area (Å²) >= 11 is 0. The lowest BCUT2D eigenvalue weighted by Crippen LogP contribution is -2.13. The summed E-state index contributed by atoms with van der Waals surface area (Å²) in [7, 11) is 0. The van der Waals surface area contributed by atoms with Crippen molar-refractivity contribution in [3.8, 4) is 11.1 Å². The Kier molecular flexibility index (Phi) is 7.68. The minimum absolute atomic E-state index is 0.293.